The van der Waals surface area contributed by atoms with E-state index in [0.717, 1.165) is 15.4 Å². The molecule has 0 spiro atoms. The summed E-state index contributed by atoms with van der Waals surface area (Å²) in [6.07, 6.45) is 0.212. The Kier molecular flexibility index (Phi) is 11.0. The first-order chi connectivity index (χ1) is 21.3. The highest BCUT2D eigenvalue weighted by atomic mass is 35.5. The molecule has 0 saturated heterocycles. The fourth-order valence-corrected chi connectivity index (χ4v) is 6.68. The maximum atomic E-state index is 14.6. The number of nitrogens with one attached hydrogen (secondary N) is 1. The van der Waals surface area contributed by atoms with E-state index in [1.807, 2.05) is 51.1 Å². The van der Waals surface area contributed by atoms with Gasteiger partial charge in [-0.25, -0.2) is 8.42 Å². The van der Waals surface area contributed by atoms with Gasteiger partial charge in [0, 0.05) is 28.5 Å². The second-order valence-corrected chi connectivity index (χ2v) is 14.5. The van der Waals surface area contributed by atoms with Gasteiger partial charge < -0.3 is 10.2 Å². The maximum absolute atomic E-state index is 14.6. The van der Waals surface area contributed by atoms with Gasteiger partial charge in [-0.1, -0.05) is 89.9 Å². The summed E-state index contributed by atoms with van der Waals surface area (Å²) in [6.45, 7) is 6.78. The highest BCUT2D eigenvalue weighted by Gasteiger charge is 2.36. The summed E-state index contributed by atoms with van der Waals surface area (Å²) in [5, 5.41) is 3.91. The molecule has 7 nitrogen and oxygen atoms in total. The largest absolute Gasteiger partial charge is 0.350 e. The molecule has 4 aromatic carbocycles. The van der Waals surface area contributed by atoms with Gasteiger partial charge in [0.25, 0.3) is 10.0 Å². The zero-order valence-corrected chi connectivity index (χ0v) is 28.0. The number of rotatable bonds is 11. The van der Waals surface area contributed by atoms with E-state index in [0.29, 0.717) is 15.6 Å². The number of nitrogens with zero attached hydrogens (tertiary/aromatic N) is 2. The van der Waals surface area contributed by atoms with Crippen molar-refractivity contribution in [2.75, 3.05) is 10.8 Å². The fraction of sp³-hybridized carbons (Fsp3) is 0.257. The van der Waals surface area contributed by atoms with Gasteiger partial charge in [0.1, 0.15) is 12.6 Å². The smallest absolute Gasteiger partial charge is 0.264 e. The molecule has 0 aliphatic carbocycles. The van der Waals surface area contributed by atoms with Crippen LogP contribution in [0.1, 0.15) is 37.5 Å². The molecule has 0 bridgehead atoms. The van der Waals surface area contributed by atoms with Crippen molar-refractivity contribution in [1.29, 1.82) is 0 Å². The van der Waals surface area contributed by atoms with Crippen molar-refractivity contribution in [2.24, 2.45) is 0 Å². The molecule has 4 rings (SSSR count). The Hall–Kier alpha value is -3.85. The lowest BCUT2D eigenvalue weighted by Gasteiger charge is -2.35. The number of halogens is 2. The van der Waals surface area contributed by atoms with E-state index in [1.165, 1.54) is 17.0 Å². The maximum Gasteiger partial charge on any atom is 0.264 e. The van der Waals surface area contributed by atoms with Gasteiger partial charge in [0.2, 0.25) is 11.8 Å². The molecule has 1 unspecified atom stereocenters. The van der Waals surface area contributed by atoms with Gasteiger partial charge in [0.15, 0.2) is 0 Å². The van der Waals surface area contributed by atoms with Gasteiger partial charge in [0.05, 0.1) is 10.6 Å². The highest BCUT2D eigenvalue weighted by molar-refractivity contribution is 7.92. The van der Waals surface area contributed by atoms with E-state index in [2.05, 4.69) is 5.32 Å². The molecule has 0 aromatic heterocycles. The Morgan fingerprint density at radius 3 is 2.00 bits per heavy atom. The van der Waals surface area contributed by atoms with Crippen LogP contribution in [0.2, 0.25) is 10.0 Å². The highest BCUT2D eigenvalue weighted by Crippen LogP contribution is 2.31. The van der Waals surface area contributed by atoms with Crippen molar-refractivity contribution in [2.45, 2.75) is 57.1 Å². The third kappa shape index (κ3) is 8.87. The van der Waals surface area contributed by atoms with E-state index >= 15 is 0 Å². The number of hydrogen-bond donors (Lipinski definition) is 1. The Bertz CT molecular complexity index is 1730. The number of carbonyl (C=O) groups is 2. The van der Waals surface area contributed by atoms with Crippen molar-refractivity contribution in [3.63, 3.8) is 0 Å². The van der Waals surface area contributed by atoms with E-state index in [-0.39, 0.29) is 29.5 Å². The average molecular weight is 667 g/mol. The number of sulfonamides is 1. The van der Waals surface area contributed by atoms with Crippen molar-refractivity contribution >= 4 is 50.7 Å². The predicted molar refractivity (Wildman–Crippen MR) is 181 cm³/mol. The lowest BCUT2D eigenvalue weighted by atomic mass is 10.0. The van der Waals surface area contributed by atoms with Crippen LogP contribution in [0.5, 0.6) is 0 Å². The van der Waals surface area contributed by atoms with Crippen LogP contribution in [-0.4, -0.2) is 43.3 Å². The Morgan fingerprint density at radius 1 is 0.800 bits per heavy atom. The molecule has 45 heavy (non-hydrogen) atoms. The third-order valence-corrected chi connectivity index (χ3v) is 9.59. The third-order valence-electron chi connectivity index (χ3n) is 7.15. The molecule has 1 atom stereocenters. The summed E-state index contributed by atoms with van der Waals surface area (Å²) in [7, 11) is -4.22. The lowest BCUT2D eigenvalue weighted by molar-refractivity contribution is -0.140. The second-order valence-electron chi connectivity index (χ2n) is 11.8. The molecule has 0 aliphatic heterocycles. The molecule has 2 amide bonds. The van der Waals surface area contributed by atoms with Gasteiger partial charge in [-0.15, -0.1) is 0 Å². The SMILES string of the molecule is Cc1c(Cl)cccc1N(CC(=O)N(Cc1ccc(Cl)cc1)C(Cc1ccccc1)C(=O)NC(C)(C)C)S(=O)(=O)c1ccccc1. The number of hydrogen-bond acceptors (Lipinski definition) is 4. The van der Waals surface area contributed by atoms with Gasteiger partial charge in [-0.2, -0.15) is 0 Å². The Morgan fingerprint density at radius 2 is 1.40 bits per heavy atom. The van der Waals surface area contributed by atoms with Crippen LogP contribution in [0.15, 0.2) is 108 Å². The molecule has 0 heterocycles. The number of carbonyl (C=O) groups excluding carboxylic acids is 2. The standard InChI is InChI=1S/C35H37Cl2N3O4S/c1-25-30(37)16-11-17-31(25)40(45(43,44)29-14-9-6-10-15-29)24-33(41)39(23-27-18-20-28(36)21-19-27)32(34(42)38-35(2,3)4)22-26-12-7-5-8-13-26/h5-21,32H,22-24H2,1-4H3,(H,38,42). The van der Waals surface area contributed by atoms with Crippen LogP contribution in [0.25, 0.3) is 0 Å². The number of anilines is 1. The van der Waals surface area contributed by atoms with Crippen molar-refractivity contribution in [3.8, 4) is 0 Å². The molecular formula is C35H37Cl2N3O4S. The summed E-state index contributed by atoms with van der Waals surface area (Å²) < 4.78 is 29.4. The Balaban J connectivity index is 1.84. The monoisotopic (exact) mass is 665 g/mol. The molecule has 236 valence electrons. The van der Waals surface area contributed by atoms with Crippen LogP contribution < -0.4 is 9.62 Å². The molecule has 1 N–H and O–H groups in total. The van der Waals surface area contributed by atoms with E-state index in [9.17, 15) is 18.0 Å². The number of amides is 2. The van der Waals surface area contributed by atoms with Gasteiger partial charge >= 0.3 is 0 Å². The topological polar surface area (TPSA) is 86.8 Å². The summed E-state index contributed by atoms with van der Waals surface area (Å²) in [6, 6.07) is 28.3. The average Bonchev–Trinajstić information content (AvgIpc) is 3.00. The summed E-state index contributed by atoms with van der Waals surface area (Å²) in [5.74, 6) is -0.918. The summed E-state index contributed by atoms with van der Waals surface area (Å²) in [4.78, 5) is 30.0. The Labute approximate surface area is 275 Å². The van der Waals surface area contributed by atoms with Crippen LogP contribution in [-0.2, 0) is 32.6 Å². The van der Waals surface area contributed by atoms with Gasteiger partial charge in [-0.05, 0) is 80.8 Å². The van der Waals surface area contributed by atoms with Crippen LogP contribution in [0.4, 0.5) is 5.69 Å². The normalized spacial score (nSPS) is 12.3. The molecule has 0 fully saturated rings. The first-order valence-corrected chi connectivity index (χ1v) is 16.7. The quantitative estimate of drug-likeness (QED) is 0.186. The minimum absolute atomic E-state index is 0.0211. The van der Waals surface area contributed by atoms with Gasteiger partial charge in [-0.3, -0.25) is 13.9 Å². The zero-order chi connectivity index (χ0) is 32.8. The summed E-state index contributed by atoms with van der Waals surface area (Å²) >= 11 is 12.6. The van der Waals surface area contributed by atoms with Crippen LogP contribution in [0, 0.1) is 6.92 Å². The molecule has 4 aromatic rings. The molecular weight excluding hydrogens is 629 g/mol. The second kappa shape index (κ2) is 14.5. The lowest BCUT2D eigenvalue weighted by Crippen LogP contribution is -2.56. The minimum Gasteiger partial charge on any atom is -0.350 e. The molecule has 10 heteroatoms. The fourth-order valence-electron chi connectivity index (χ4n) is 4.89. The first kappa shape index (κ1) is 34.0. The van der Waals surface area contributed by atoms with E-state index in [1.54, 1.807) is 67.6 Å². The van der Waals surface area contributed by atoms with Crippen LogP contribution in [0.3, 0.4) is 0 Å². The van der Waals surface area contributed by atoms with Crippen molar-refractivity contribution < 1.29 is 18.0 Å². The van der Waals surface area contributed by atoms with Crippen LogP contribution >= 0.6 is 23.2 Å². The summed E-state index contributed by atoms with van der Waals surface area (Å²) in [5.41, 5.74) is 1.76. The zero-order valence-electron chi connectivity index (χ0n) is 25.7. The molecule has 0 radical (unpaired) electrons. The number of benzene rings is 4. The predicted octanol–water partition coefficient (Wildman–Crippen LogP) is 7.05. The van der Waals surface area contributed by atoms with E-state index < -0.39 is 34.1 Å². The van der Waals surface area contributed by atoms with Crippen molar-refractivity contribution in [1.82, 2.24) is 10.2 Å². The van der Waals surface area contributed by atoms with Crippen molar-refractivity contribution in [3.05, 3.63) is 130 Å². The molecule has 0 aliphatic rings. The minimum atomic E-state index is -4.22. The molecule has 0 saturated carbocycles. The first-order valence-electron chi connectivity index (χ1n) is 14.5. The van der Waals surface area contributed by atoms with E-state index in [4.69, 9.17) is 23.2 Å².